The maximum absolute atomic E-state index is 12.5. The Morgan fingerprint density at radius 2 is 1.66 bits per heavy atom. The van der Waals surface area contributed by atoms with Gasteiger partial charge in [-0.1, -0.05) is 19.9 Å². The molecule has 1 aliphatic rings. The average molecular weight is 423 g/mol. The third kappa shape index (κ3) is 5.67. The number of carbonyl (C=O) groups is 2. The van der Waals surface area contributed by atoms with Crippen molar-refractivity contribution in [3.63, 3.8) is 0 Å². The van der Waals surface area contributed by atoms with Gasteiger partial charge < -0.3 is 9.64 Å². The molecule has 0 aliphatic heterocycles. The fourth-order valence-electron chi connectivity index (χ4n) is 3.37. The number of hydrogen-bond acceptors (Lipinski definition) is 5. The van der Waals surface area contributed by atoms with Gasteiger partial charge in [0, 0.05) is 25.3 Å². The van der Waals surface area contributed by atoms with Crippen LogP contribution in [0.5, 0.6) is 0 Å². The van der Waals surface area contributed by atoms with E-state index in [4.69, 9.17) is 4.74 Å². The molecular weight excluding hydrogens is 392 g/mol. The van der Waals surface area contributed by atoms with Gasteiger partial charge in [0.15, 0.2) is 6.61 Å². The van der Waals surface area contributed by atoms with E-state index in [1.807, 2.05) is 6.92 Å². The van der Waals surface area contributed by atoms with Crippen molar-refractivity contribution in [2.75, 3.05) is 26.2 Å². The lowest BCUT2D eigenvalue weighted by Crippen LogP contribution is -2.34. The van der Waals surface area contributed by atoms with E-state index in [-0.39, 0.29) is 23.0 Å². The fourth-order valence-corrected chi connectivity index (χ4v) is 4.83. The number of esters is 1. The number of sulfonamides is 1. The molecule has 0 fully saturated rings. The second kappa shape index (κ2) is 10.5. The van der Waals surface area contributed by atoms with E-state index in [1.165, 1.54) is 28.6 Å². The average Bonchev–Trinajstić information content (AvgIpc) is 2.74. The summed E-state index contributed by atoms with van der Waals surface area (Å²) in [6.07, 6.45) is 6.07. The Hall–Kier alpha value is -2.19. The number of rotatable bonds is 9. The van der Waals surface area contributed by atoms with Crippen LogP contribution in [0.2, 0.25) is 0 Å². The molecule has 160 valence electrons. The Balaban J connectivity index is 2.00. The number of nitrogens with zero attached hydrogens (tertiary/aromatic N) is 2. The van der Waals surface area contributed by atoms with E-state index in [1.54, 1.807) is 18.7 Å². The molecule has 0 radical (unpaired) electrons. The van der Waals surface area contributed by atoms with Gasteiger partial charge in [0.25, 0.3) is 5.91 Å². The molecule has 0 spiro atoms. The Morgan fingerprint density at radius 1 is 1.00 bits per heavy atom. The zero-order valence-corrected chi connectivity index (χ0v) is 18.2. The molecule has 0 aromatic heterocycles. The Labute approximate surface area is 173 Å². The first-order chi connectivity index (χ1) is 13.8. The van der Waals surface area contributed by atoms with Crippen LogP contribution in [-0.4, -0.2) is 55.7 Å². The molecule has 0 bridgehead atoms. The van der Waals surface area contributed by atoms with E-state index in [0.29, 0.717) is 19.6 Å². The van der Waals surface area contributed by atoms with Crippen LogP contribution in [-0.2, 0) is 19.6 Å². The van der Waals surface area contributed by atoms with Crippen LogP contribution in [0.4, 0.5) is 0 Å². The van der Waals surface area contributed by atoms with Gasteiger partial charge in [-0.3, -0.25) is 4.79 Å². The van der Waals surface area contributed by atoms with E-state index in [2.05, 4.69) is 6.08 Å². The summed E-state index contributed by atoms with van der Waals surface area (Å²) in [6.45, 7) is 6.36. The lowest BCUT2D eigenvalue weighted by molar-refractivity contribution is -0.132. The Morgan fingerprint density at radius 3 is 2.17 bits per heavy atom. The smallest absolute Gasteiger partial charge is 0.338 e. The minimum Gasteiger partial charge on any atom is -0.452 e. The number of benzene rings is 1. The molecule has 2 rings (SSSR count). The molecule has 1 aromatic carbocycles. The predicted octanol–water partition coefficient (Wildman–Crippen LogP) is 3.18. The maximum atomic E-state index is 12.5. The van der Waals surface area contributed by atoms with Crippen LogP contribution in [0.25, 0.3) is 0 Å². The van der Waals surface area contributed by atoms with Crippen molar-refractivity contribution < 1.29 is 22.7 Å². The van der Waals surface area contributed by atoms with Gasteiger partial charge in [-0.25, -0.2) is 13.2 Å². The quantitative estimate of drug-likeness (QED) is 0.571. The summed E-state index contributed by atoms with van der Waals surface area (Å²) in [5.74, 6) is -0.909. The fraction of sp³-hybridized carbons (Fsp3) is 0.524. The molecule has 0 heterocycles. The van der Waals surface area contributed by atoms with Crippen LogP contribution in [0.1, 0.15) is 56.8 Å². The van der Waals surface area contributed by atoms with Gasteiger partial charge in [0.2, 0.25) is 10.0 Å². The van der Waals surface area contributed by atoms with Gasteiger partial charge in [-0.05, 0) is 56.9 Å². The van der Waals surface area contributed by atoms with E-state index in [9.17, 15) is 18.0 Å². The monoisotopic (exact) mass is 422 g/mol. The van der Waals surface area contributed by atoms with E-state index in [0.717, 1.165) is 31.4 Å². The summed E-state index contributed by atoms with van der Waals surface area (Å²) in [6, 6.07) is 5.59. The summed E-state index contributed by atoms with van der Waals surface area (Å²) in [4.78, 5) is 26.5. The molecule has 0 N–H and O–H groups in total. The van der Waals surface area contributed by atoms with E-state index < -0.39 is 16.0 Å². The molecule has 0 unspecified atom stereocenters. The molecule has 8 heteroatoms. The van der Waals surface area contributed by atoms with E-state index >= 15 is 0 Å². The summed E-state index contributed by atoms with van der Waals surface area (Å²) in [5, 5.41) is 0. The lowest BCUT2D eigenvalue weighted by Gasteiger charge is -2.26. The molecule has 7 nitrogen and oxygen atoms in total. The standard InChI is InChI=1S/C21H30N2O5S/c1-4-22(5-2)29(26,27)19-14-12-17(13-15-19)21(25)28-16-20(24)23(6-3)18-10-8-7-9-11-18/h10,12-15H,4-9,11,16H2,1-3H3. The van der Waals surface area contributed by atoms with Crippen molar-refractivity contribution in [2.45, 2.75) is 51.3 Å². The summed E-state index contributed by atoms with van der Waals surface area (Å²) < 4.78 is 31.5. The number of likely N-dealkylation sites (N-methyl/N-ethyl adjacent to an activating group) is 1. The molecule has 1 amide bonds. The molecule has 0 saturated heterocycles. The number of allylic oxidation sites excluding steroid dienone is 2. The van der Waals surface area contributed by atoms with Crippen LogP contribution < -0.4 is 0 Å². The van der Waals surface area contributed by atoms with Crippen molar-refractivity contribution in [1.29, 1.82) is 0 Å². The van der Waals surface area contributed by atoms with Gasteiger partial charge in [-0.2, -0.15) is 4.31 Å². The maximum Gasteiger partial charge on any atom is 0.338 e. The van der Waals surface area contributed by atoms with Crippen LogP contribution in [0, 0.1) is 0 Å². The zero-order valence-electron chi connectivity index (χ0n) is 17.4. The highest BCUT2D eigenvalue weighted by Gasteiger charge is 2.23. The third-order valence-corrected chi connectivity index (χ3v) is 7.06. The molecular formula is C21H30N2O5S. The second-order valence-electron chi connectivity index (χ2n) is 6.77. The predicted molar refractivity (Wildman–Crippen MR) is 111 cm³/mol. The highest BCUT2D eigenvalue weighted by molar-refractivity contribution is 7.89. The van der Waals surface area contributed by atoms with Gasteiger partial charge >= 0.3 is 5.97 Å². The Bertz CT molecular complexity index is 842. The highest BCUT2D eigenvalue weighted by atomic mass is 32.2. The molecule has 1 aromatic rings. The molecule has 29 heavy (non-hydrogen) atoms. The molecule has 0 atom stereocenters. The largest absolute Gasteiger partial charge is 0.452 e. The second-order valence-corrected chi connectivity index (χ2v) is 8.71. The SMILES string of the molecule is CCN(C(=O)COC(=O)c1ccc(S(=O)(=O)N(CC)CC)cc1)C1=CCCCC1. The Kier molecular flexibility index (Phi) is 8.40. The highest BCUT2D eigenvalue weighted by Crippen LogP contribution is 2.21. The number of ether oxygens (including phenoxy) is 1. The van der Waals surface area contributed by atoms with Crippen molar-refractivity contribution in [2.24, 2.45) is 0 Å². The molecule has 0 saturated carbocycles. The van der Waals surface area contributed by atoms with Crippen molar-refractivity contribution in [3.8, 4) is 0 Å². The first-order valence-corrected chi connectivity index (χ1v) is 11.6. The molecule has 1 aliphatic carbocycles. The minimum absolute atomic E-state index is 0.121. The van der Waals surface area contributed by atoms with Crippen LogP contribution in [0.3, 0.4) is 0 Å². The number of carbonyl (C=O) groups excluding carboxylic acids is 2. The van der Waals surface area contributed by atoms with Crippen LogP contribution in [0.15, 0.2) is 40.9 Å². The number of amides is 1. The normalized spacial score (nSPS) is 14.4. The van der Waals surface area contributed by atoms with Crippen molar-refractivity contribution >= 4 is 21.9 Å². The van der Waals surface area contributed by atoms with Crippen molar-refractivity contribution in [1.82, 2.24) is 9.21 Å². The van der Waals surface area contributed by atoms with Gasteiger partial charge in [0.1, 0.15) is 0 Å². The van der Waals surface area contributed by atoms with Crippen molar-refractivity contribution in [3.05, 3.63) is 41.6 Å². The first kappa shape index (κ1) is 23.1. The summed E-state index contributed by atoms with van der Waals surface area (Å²) in [7, 11) is -3.58. The zero-order chi connectivity index (χ0) is 21.4. The third-order valence-electron chi connectivity index (χ3n) is 4.99. The lowest BCUT2D eigenvalue weighted by atomic mass is 10.0. The topological polar surface area (TPSA) is 84.0 Å². The van der Waals surface area contributed by atoms with Gasteiger partial charge in [0.05, 0.1) is 10.5 Å². The minimum atomic E-state index is -3.58. The number of hydrogen-bond donors (Lipinski definition) is 0. The summed E-state index contributed by atoms with van der Waals surface area (Å²) >= 11 is 0. The van der Waals surface area contributed by atoms with Crippen LogP contribution >= 0.6 is 0 Å². The summed E-state index contributed by atoms with van der Waals surface area (Å²) in [5.41, 5.74) is 1.20. The first-order valence-electron chi connectivity index (χ1n) is 10.1. The van der Waals surface area contributed by atoms with Gasteiger partial charge in [-0.15, -0.1) is 0 Å².